The summed E-state index contributed by atoms with van der Waals surface area (Å²) in [6.45, 7) is 32.0. The van der Waals surface area contributed by atoms with E-state index in [1.54, 1.807) is 6.07 Å². The highest BCUT2D eigenvalue weighted by atomic mass is 35.5. The summed E-state index contributed by atoms with van der Waals surface area (Å²) in [5.41, 5.74) is 11.4. The van der Waals surface area contributed by atoms with Crippen molar-refractivity contribution in [1.29, 1.82) is 0 Å². The summed E-state index contributed by atoms with van der Waals surface area (Å²) in [6, 6.07) is 13.0. The van der Waals surface area contributed by atoms with Crippen LogP contribution in [0.2, 0.25) is 5.02 Å². The third-order valence-electron chi connectivity index (χ3n) is 12.4. The van der Waals surface area contributed by atoms with E-state index in [9.17, 15) is 13.2 Å². The largest absolute Gasteiger partial charge is 0.417 e. The molecule has 3 aromatic rings. The van der Waals surface area contributed by atoms with Gasteiger partial charge in [-0.15, -0.1) is 0 Å². The average molecular weight is 841 g/mol. The Morgan fingerprint density at radius 2 is 1.02 bits per heavy atom. The van der Waals surface area contributed by atoms with Gasteiger partial charge in [0.1, 0.15) is 0 Å². The fraction of sp³-hybridized carbons (Fsp3) is 0.654. The molecule has 0 N–H and O–H groups in total. The Balaban J connectivity index is 0.000000311. The lowest BCUT2D eigenvalue weighted by Gasteiger charge is -2.29. The zero-order valence-electron chi connectivity index (χ0n) is 39.1. The number of nitrogens with zero attached hydrogens (tertiary/aromatic N) is 3. The van der Waals surface area contributed by atoms with Crippen LogP contribution < -0.4 is 0 Å². The lowest BCUT2D eigenvalue weighted by atomic mass is 9.87. The predicted octanol–water partition coefficient (Wildman–Crippen LogP) is 15.1. The Bertz CT molecular complexity index is 1680. The molecule has 0 aromatic heterocycles. The van der Waals surface area contributed by atoms with Crippen LogP contribution in [-0.4, -0.2) is 54.0 Å². The van der Waals surface area contributed by atoms with Crippen molar-refractivity contribution in [2.75, 3.05) is 39.3 Å². The van der Waals surface area contributed by atoms with E-state index in [4.69, 9.17) is 11.6 Å². The Morgan fingerprint density at radius 1 is 0.576 bits per heavy atom. The van der Waals surface area contributed by atoms with Gasteiger partial charge in [0.05, 0.1) is 5.56 Å². The van der Waals surface area contributed by atoms with Gasteiger partial charge in [-0.25, -0.2) is 0 Å². The van der Waals surface area contributed by atoms with E-state index in [1.807, 2.05) is 54.5 Å². The number of rotatable bonds is 11. The van der Waals surface area contributed by atoms with Gasteiger partial charge in [-0.05, 0) is 178 Å². The van der Waals surface area contributed by atoms with Gasteiger partial charge in [0.15, 0.2) is 0 Å². The minimum absolute atomic E-state index is 0.118. The molecule has 3 aliphatic rings. The topological polar surface area (TPSA) is 9.72 Å². The number of aryl methyl sites for hydroxylation is 2. The minimum Gasteiger partial charge on any atom is -0.299 e. The molecule has 0 spiro atoms. The molecule has 6 rings (SSSR count). The second kappa shape index (κ2) is 25.5. The zero-order chi connectivity index (χ0) is 43.7. The summed E-state index contributed by atoms with van der Waals surface area (Å²) in [5.74, 6) is 0.306. The van der Waals surface area contributed by atoms with Gasteiger partial charge in [-0.1, -0.05) is 124 Å². The SMILES string of the molecule is CC.CC.CCc1ccc(CN2CCCCC2)c(C(F)(F)F)c1C(C)C.Cc1ccc(CN2CCCCC2)c(Cc2cc(CN3CCCCC3)cc(Cl)c2C(C)C)c1C. The van der Waals surface area contributed by atoms with Crippen LogP contribution in [0.4, 0.5) is 13.2 Å². The highest BCUT2D eigenvalue weighted by Crippen LogP contribution is 2.40. The number of hydrogen-bond donors (Lipinski definition) is 0. The van der Waals surface area contributed by atoms with Crippen molar-refractivity contribution in [2.24, 2.45) is 0 Å². The third-order valence-corrected chi connectivity index (χ3v) is 12.7. The molecule has 0 saturated carbocycles. The third kappa shape index (κ3) is 14.9. The Kier molecular flexibility index (Phi) is 22.1. The van der Waals surface area contributed by atoms with Crippen LogP contribution in [0.1, 0.15) is 193 Å². The Hall–Kier alpha value is -2.38. The summed E-state index contributed by atoms with van der Waals surface area (Å²) in [7, 11) is 0. The maximum absolute atomic E-state index is 13.7. The first-order valence-electron chi connectivity index (χ1n) is 23.5. The predicted molar refractivity (Wildman–Crippen MR) is 249 cm³/mol. The van der Waals surface area contributed by atoms with Gasteiger partial charge in [0.25, 0.3) is 0 Å². The van der Waals surface area contributed by atoms with Crippen molar-refractivity contribution >= 4 is 11.6 Å². The molecular formula is C52H81ClF3N3. The first-order chi connectivity index (χ1) is 28.3. The highest BCUT2D eigenvalue weighted by molar-refractivity contribution is 6.31. The molecule has 3 nitrogen and oxygen atoms in total. The minimum atomic E-state index is -4.28. The maximum atomic E-state index is 13.7. The lowest BCUT2D eigenvalue weighted by Crippen LogP contribution is -2.30. The first kappa shape index (κ1) is 51.0. The van der Waals surface area contributed by atoms with Crippen LogP contribution >= 0.6 is 11.6 Å². The Morgan fingerprint density at radius 3 is 1.47 bits per heavy atom. The molecular weight excluding hydrogens is 759 g/mol. The van der Waals surface area contributed by atoms with Gasteiger partial charge >= 0.3 is 6.18 Å². The number of likely N-dealkylation sites (tertiary alicyclic amines) is 3. The molecule has 59 heavy (non-hydrogen) atoms. The second-order valence-corrected chi connectivity index (χ2v) is 17.7. The monoisotopic (exact) mass is 840 g/mol. The molecule has 7 heteroatoms. The average Bonchev–Trinajstić information content (AvgIpc) is 3.22. The van der Waals surface area contributed by atoms with Crippen molar-refractivity contribution in [3.8, 4) is 0 Å². The van der Waals surface area contributed by atoms with Crippen molar-refractivity contribution in [2.45, 2.75) is 184 Å². The van der Waals surface area contributed by atoms with E-state index < -0.39 is 6.18 Å². The van der Waals surface area contributed by atoms with E-state index in [2.05, 4.69) is 66.7 Å². The van der Waals surface area contributed by atoms with Gasteiger partial charge in [0.2, 0.25) is 0 Å². The smallest absolute Gasteiger partial charge is 0.299 e. The van der Waals surface area contributed by atoms with Gasteiger partial charge in [-0.3, -0.25) is 14.7 Å². The van der Waals surface area contributed by atoms with E-state index in [-0.39, 0.29) is 11.5 Å². The van der Waals surface area contributed by atoms with Crippen molar-refractivity contribution in [3.05, 3.63) is 103 Å². The summed E-state index contributed by atoms with van der Waals surface area (Å²) < 4.78 is 41.2. The van der Waals surface area contributed by atoms with E-state index >= 15 is 0 Å². The van der Waals surface area contributed by atoms with Crippen LogP contribution in [0.5, 0.6) is 0 Å². The summed E-state index contributed by atoms with van der Waals surface area (Å²) >= 11 is 6.95. The van der Waals surface area contributed by atoms with Crippen molar-refractivity contribution in [3.63, 3.8) is 0 Å². The summed E-state index contributed by atoms with van der Waals surface area (Å²) in [6.07, 6.45) is 8.80. The van der Waals surface area contributed by atoms with Crippen LogP contribution in [0.25, 0.3) is 0 Å². The number of benzene rings is 3. The van der Waals surface area contributed by atoms with E-state index in [0.29, 0.717) is 30.0 Å². The summed E-state index contributed by atoms with van der Waals surface area (Å²) in [4.78, 5) is 7.41. The normalized spacial score (nSPS) is 16.8. The van der Waals surface area contributed by atoms with Crippen LogP contribution in [0, 0.1) is 13.8 Å². The molecule has 332 valence electrons. The molecule has 0 unspecified atom stereocenters. The van der Waals surface area contributed by atoms with Crippen molar-refractivity contribution < 1.29 is 13.2 Å². The Labute approximate surface area is 364 Å². The van der Waals surface area contributed by atoms with E-state index in [1.165, 1.54) is 110 Å². The molecule has 0 radical (unpaired) electrons. The number of halogens is 4. The van der Waals surface area contributed by atoms with Crippen LogP contribution in [-0.2, 0) is 38.7 Å². The van der Waals surface area contributed by atoms with Crippen LogP contribution in [0.15, 0.2) is 36.4 Å². The fourth-order valence-corrected chi connectivity index (χ4v) is 9.85. The maximum Gasteiger partial charge on any atom is 0.417 e. The molecule has 3 heterocycles. The summed E-state index contributed by atoms with van der Waals surface area (Å²) in [5, 5.41) is 0.956. The highest BCUT2D eigenvalue weighted by Gasteiger charge is 2.38. The van der Waals surface area contributed by atoms with Gasteiger partial charge in [-0.2, -0.15) is 13.2 Å². The standard InChI is InChI=1S/C30H43ClN2.C18H26F3N.2C2H6/c1-22(2)30-27(17-25(18-29(30)31)20-32-13-7-5-8-14-32)19-28-24(4)23(3)11-12-26(28)21-33-15-9-6-10-16-33;1-4-14-8-9-15(12-22-10-6-5-7-11-22)17(18(19,20)21)16(14)13(2)3;2*1-2/h11-12,17-18,22H,5-10,13-16,19-21H2,1-4H3;8-9,13H,4-7,10-12H2,1-3H3;2*1-2H3. The molecule has 3 aliphatic heterocycles. The fourth-order valence-electron chi connectivity index (χ4n) is 9.37. The molecule has 0 aliphatic carbocycles. The second-order valence-electron chi connectivity index (χ2n) is 17.3. The van der Waals surface area contributed by atoms with E-state index in [0.717, 1.165) is 56.0 Å². The van der Waals surface area contributed by atoms with Gasteiger partial charge < -0.3 is 0 Å². The molecule has 0 atom stereocenters. The van der Waals surface area contributed by atoms with Crippen molar-refractivity contribution in [1.82, 2.24) is 14.7 Å². The van der Waals surface area contributed by atoms with Gasteiger partial charge in [0, 0.05) is 24.7 Å². The number of hydrogen-bond acceptors (Lipinski definition) is 3. The lowest BCUT2D eigenvalue weighted by molar-refractivity contribution is -0.139. The number of alkyl halides is 3. The van der Waals surface area contributed by atoms with Crippen LogP contribution in [0.3, 0.4) is 0 Å². The first-order valence-corrected chi connectivity index (χ1v) is 23.9. The molecule has 0 amide bonds. The quantitative estimate of drug-likeness (QED) is 0.190. The zero-order valence-corrected chi connectivity index (χ0v) is 39.9. The molecule has 3 fully saturated rings. The molecule has 3 aromatic carbocycles. The number of piperidine rings is 3. The molecule has 3 saturated heterocycles. The molecule has 0 bridgehead atoms.